The summed E-state index contributed by atoms with van der Waals surface area (Å²) < 4.78 is 13.3. The van der Waals surface area contributed by atoms with Crippen LogP contribution in [0.4, 0.5) is 15.8 Å². The lowest BCUT2D eigenvalue weighted by Gasteiger charge is -2.09. The Morgan fingerprint density at radius 1 is 1.16 bits per heavy atom. The highest BCUT2D eigenvalue weighted by Crippen LogP contribution is 2.18. The fraction of sp³-hybridized carbons (Fsp3) is 0.133. The second-order valence-electron chi connectivity index (χ2n) is 4.51. The molecule has 0 heterocycles. The second kappa shape index (κ2) is 5.10. The summed E-state index contributed by atoms with van der Waals surface area (Å²) in [6.45, 7) is 3.77. The topological polar surface area (TPSA) is 55.1 Å². The van der Waals surface area contributed by atoms with Crippen LogP contribution in [0.5, 0.6) is 0 Å². The minimum Gasteiger partial charge on any atom is -0.396 e. The van der Waals surface area contributed by atoms with Gasteiger partial charge in [0.2, 0.25) is 0 Å². The van der Waals surface area contributed by atoms with Crippen molar-refractivity contribution in [1.82, 2.24) is 0 Å². The number of hydrogen-bond acceptors (Lipinski definition) is 2. The van der Waals surface area contributed by atoms with Gasteiger partial charge in [-0.25, -0.2) is 4.39 Å². The quantitative estimate of drug-likeness (QED) is 0.812. The fourth-order valence-electron chi connectivity index (χ4n) is 1.78. The van der Waals surface area contributed by atoms with Gasteiger partial charge in [-0.1, -0.05) is 17.7 Å². The van der Waals surface area contributed by atoms with Crippen molar-refractivity contribution < 1.29 is 9.18 Å². The van der Waals surface area contributed by atoms with Crippen molar-refractivity contribution in [3.8, 4) is 0 Å². The third-order valence-electron chi connectivity index (χ3n) is 2.90. The molecule has 0 unspecified atom stereocenters. The van der Waals surface area contributed by atoms with E-state index in [1.807, 2.05) is 26.0 Å². The predicted octanol–water partition coefficient (Wildman–Crippen LogP) is 3.28. The van der Waals surface area contributed by atoms with Crippen LogP contribution in [0.2, 0.25) is 0 Å². The third kappa shape index (κ3) is 2.91. The number of nitrogen functional groups attached to an aromatic ring is 1. The summed E-state index contributed by atoms with van der Waals surface area (Å²) in [4.78, 5) is 12.1. The number of aryl methyl sites for hydroxylation is 2. The zero-order valence-corrected chi connectivity index (χ0v) is 10.8. The number of rotatable bonds is 2. The Morgan fingerprint density at radius 2 is 1.89 bits per heavy atom. The molecule has 0 aliphatic carbocycles. The second-order valence-corrected chi connectivity index (χ2v) is 4.51. The molecule has 4 heteroatoms. The summed E-state index contributed by atoms with van der Waals surface area (Å²) >= 11 is 0. The number of carbonyl (C=O) groups excluding carboxylic acids is 1. The summed E-state index contributed by atoms with van der Waals surface area (Å²) in [5.41, 5.74) is 8.29. The molecule has 0 aliphatic rings. The molecule has 0 aliphatic heterocycles. The minimum atomic E-state index is -0.543. The number of halogens is 1. The van der Waals surface area contributed by atoms with Gasteiger partial charge in [-0.15, -0.1) is 0 Å². The fourth-order valence-corrected chi connectivity index (χ4v) is 1.78. The minimum absolute atomic E-state index is 0.0599. The average molecular weight is 258 g/mol. The van der Waals surface area contributed by atoms with Crippen LogP contribution in [0.1, 0.15) is 21.5 Å². The van der Waals surface area contributed by atoms with Gasteiger partial charge in [0.1, 0.15) is 5.82 Å². The Labute approximate surface area is 111 Å². The van der Waals surface area contributed by atoms with Crippen molar-refractivity contribution in [2.45, 2.75) is 13.8 Å². The van der Waals surface area contributed by atoms with Crippen LogP contribution < -0.4 is 11.1 Å². The van der Waals surface area contributed by atoms with Gasteiger partial charge in [-0.05, 0) is 43.7 Å². The van der Waals surface area contributed by atoms with Crippen LogP contribution in [0.3, 0.4) is 0 Å². The lowest BCUT2D eigenvalue weighted by molar-refractivity contribution is 0.102. The van der Waals surface area contributed by atoms with Crippen LogP contribution in [-0.2, 0) is 0 Å². The summed E-state index contributed by atoms with van der Waals surface area (Å²) in [7, 11) is 0. The van der Waals surface area contributed by atoms with Crippen LogP contribution in [-0.4, -0.2) is 5.91 Å². The third-order valence-corrected chi connectivity index (χ3v) is 2.90. The molecule has 0 aromatic heterocycles. The molecule has 0 bridgehead atoms. The first-order valence-electron chi connectivity index (χ1n) is 5.91. The van der Waals surface area contributed by atoms with Crippen molar-refractivity contribution in [3.05, 3.63) is 58.9 Å². The molecule has 0 saturated heterocycles. The van der Waals surface area contributed by atoms with Crippen molar-refractivity contribution >= 4 is 17.3 Å². The number of carbonyl (C=O) groups is 1. The highest BCUT2D eigenvalue weighted by atomic mass is 19.1. The van der Waals surface area contributed by atoms with Crippen molar-refractivity contribution in [2.75, 3.05) is 11.1 Å². The van der Waals surface area contributed by atoms with E-state index in [4.69, 9.17) is 5.73 Å². The Balaban J connectivity index is 2.25. The Hall–Kier alpha value is -2.36. The number of anilines is 2. The van der Waals surface area contributed by atoms with E-state index in [0.717, 1.165) is 11.1 Å². The zero-order chi connectivity index (χ0) is 14.0. The monoisotopic (exact) mass is 258 g/mol. The van der Waals surface area contributed by atoms with Gasteiger partial charge >= 0.3 is 0 Å². The van der Waals surface area contributed by atoms with Crippen LogP contribution in [0, 0.1) is 19.7 Å². The Bertz CT molecular complexity index is 638. The largest absolute Gasteiger partial charge is 0.396 e. The highest BCUT2D eigenvalue weighted by Gasteiger charge is 2.10. The first kappa shape index (κ1) is 13.1. The first-order chi connectivity index (χ1) is 8.97. The lowest BCUT2D eigenvalue weighted by Crippen LogP contribution is -2.13. The van der Waals surface area contributed by atoms with E-state index >= 15 is 0 Å². The molecular weight excluding hydrogens is 243 g/mol. The van der Waals surface area contributed by atoms with Crippen LogP contribution in [0.25, 0.3) is 0 Å². The van der Waals surface area contributed by atoms with Gasteiger partial charge in [0, 0.05) is 11.3 Å². The van der Waals surface area contributed by atoms with Gasteiger partial charge in [0.25, 0.3) is 5.91 Å². The maximum Gasteiger partial charge on any atom is 0.255 e. The number of benzene rings is 2. The first-order valence-corrected chi connectivity index (χ1v) is 5.91. The maximum absolute atomic E-state index is 13.3. The molecule has 0 spiro atoms. The summed E-state index contributed by atoms with van der Waals surface area (Å²) in [6.07, 6.45) is 0. The van der Waals surface area contributed by atoms with Crippen molar-refractivity contribution in [1.29, 1.82) is 0 Å². The Morgan fingerprint density at radius 3 is 2.58 bits per heavy atom. The molecule has 3 nitrogen and oxygen atoms in total. The van der Waals surface area contributed by atoms with E-state index in [-0.39, 0.29) is 11.6 Å². The summed E-state index contributed by atoms with van der Waals surface area (Å²) in [5.74, 6) is -0.802. The van der Waals surface area contributed by atoms with Gasteiger partial charge in [-0.3, -0.25) is 4.79 Å². The smallest absolute Gasteiger partial charge is 0.255 e. The van der Waals surface area contributed by atoms with E-state index in [1.54, 1.807) is 12.1 Å². The molecule has 0 fully saturated rings. The standard InChI is InChI=1S/C15H15FN2O/c1-9-3-4-10(2)12(7-9)15(19)18-11-5-6-14(17)13(16)8-11/h3-8H,17H2,1-2H3,(H,18,19). The number of hydrogen-bond donors (Lipinski definition) is 2. The molecule has 0 saturated carbocycles. The molecule has 1 amide bonds. The number of amides is 1. The molecule has 2 aromatic carbocycles. The van der Waals surface area contributed by atoms with Gasteiger partial charge in [0.05, 0.1) is 5.69 Å². The molecule has 3 N–H and O–H groups in total. The zero-order valence-electron chi connectivity index (χ0n) is 10.8. The summed E-state index contributed by atoms with van der Waals surface area (Å²) in [6, 6.07) is 9.83. The van der Waals surface area contributed by atoms with Crippen molar-refractivity contribution in [2.24, 2.45) is 0 Å². The van der Waals surface area contributed by atoms with E-state index in [9.17, 15) is 9.18 Å². The number of nitrogens with one attached hydrogen (secondary N) is 1. The molecular formula is C15H15FN2O. The molecule has 19 heavy (non-hydrogen) atoms. The number of nitrogens with two attached hydrogens (primary N) is 1. The predicted molar refractivity (Wildman–Crippen MR) is 74.7 cm³/mol. The van der Waals surface area contributed by atoms with Gasteiger partial charge < -0.3 is 11.1 Å². The summed E-state index contributed by atoms with van der Waals surface area (Å²) in [5, 5.41) is 2.66. The van der Waals surface area contributed by atoms with E-state index in [0.29, 0.717) is 11.3 Å². The normalized spacial score (nSPS) is 10.3. The average Bonchev–Trinajstić information content (AvgIpc) is 2.36. The van der Waals surface area contributed by atoms with E-state index in [2.05, 4.69) is 5.32 Å². The molecule has 2 aromatic rings. The molecule has 0 atom stereocenters. The van der Waals surface area contributed by atoms with E-state index in [1.165, 1.54) is 12.1 Å². The van der Waals surface area contributed by atoms with Crippen molar-refractivity contribution in [3.63, 3.8) is 0 Å². The Kier molecular flexibility index (Phi) is 3.51. The molecule has 0 radical (unpaired) electrons. The van der Waals surface area contributed by atoms with Gasteiger partial charge in [0.15, 0.2) is 0 Å². The SMILES string of the molecule is Cc1ccc(C)c(C(=O)Nc2ccc(N)c(F)c2)c1. The maximum atomic E-state index is 13.3. The highest BCUT2D eigenvalue weighted by molar-refractivity contribution is 6.05. The van der Waals surface area contributed by atoms with Gasteiger partial charge in [-0.2, -0.15) is 0 Å². The van der Waals surface area contributed by atoms with Crippen LogP contribution in [0.15, 0.2) is 36.4 Å². The van der Waals surface area contributed by atoms with E-state index < -0.39 is 5.82 Å². The van der Waals surface area contributed by atoms with Crippen LogP contribution >= 0.6 is 0 Å². The molecule has 2 rings (SSSR count). The molecule has 98 valence electrons. The lowest BCUT2D eigenvalue weighted by atomic mass is 10.0.